The Balaban J connectivity index is 1.34. The molecule has 3 rings (SSSR count). The lowest BCUT2D eigenvalue weighted by atomic mass is 10.2. The Morgan fingerprint density at radius 1 is 0.966 bits per heavy atom. The average Bonchev–Trinajstić information content (AvgIpc) is 3.18. The van der Waals surface area contributed by atoms with Gasteiger partial charge in [-0.15, -0.1) is 11.3 Å². The molecule has 1 aromatic heterocycles. The van der Waals surface area contributed by atoms with Gasteiger partial charge in [0.15, 0.2) is 6.61 Å². The van der Waals surface area contributed by atoms with Crippen LogP contribution in [0, 0.1) is 6.92 Å². The summed E-state index contributed by atoms with van der Waals surface area (Å²) < 4.78 is 16.5. The van der Waals surface area contributed by atoms with Crippen molar-refractivity contribution in [2.45, 2.75) is 13.8 Å². The van der Waals surface area contributed by atoms with Crippen molar-refractivity contribution in [2.75, 3.05) is 26.4 Å². The van der Waals surface area contributed by atoms with Crippen molar-refractivity contribution < 1.29 is 19.0 Å². The minimum Gasteiger partial charge on any atom is -0.494 e. The molecule has 0 saturated heterocycles. The Kier molecular flexibility index (Phi) is 7.47. The second-order valence-electron chi connectivity index (χ2n) is 6.17. The first kappa shape index (κ1) is 20.7. The van der Waals surface area contributed by atoms with Crippen LogP contribution in [0.25, 0.3) is 11.3 Å². The van der Waals surface area contributed by atoms with E-state index in [4.69, 9.17) is 14.2 Å². The summed E-state index contributed by atoms with van der Waals surface area (Å²) in [5, 5.41) is 5.83. The molecule has 0 bridgehead atoms. The molecule has 0 aliphatic carbocycles. The lowest BCUT2D eigenvalue weighted by Crippen LogP contribution is -2.32. The number of benzene rings is 2. The molecule has 29 heavy (non-hydrogen) atoms. The van der Waals surface area contributed by atoms with Crippen LogP contribution in [0.1, 0.15) is 11.9 Å². The van der Waals surface area contributed by atoms with Gasteiger partial charge in [0.25, 0.3) is 5.91 Å². The van der Waals surface area contributed by atoms with E-state index < -0.39 is 0 Å². The highest BCUT2D eigenvalue weighted by Gasteiger charge is 2.05. The average molecular weight is 413 g/mol. The van der Waals surface area contributed by atoms with Gasteiger partial charge in [-0.05, 0) is 62.4 Å². The maximum atomic E-state index is 11.9. The number of hydrogen-bond acceptors (Lipinski definition) is 6. The summed E-state index contributed by atoms with van der Waals surface area (Å²) in [4.78, 5) is 16.4. The second kappa shape index (κ2) is 10.5. The fourth-order valence-electron chi connectivity index (χ4n) is 2.58. The number of ether oxygens (including phenoxy) is 3. The van der Waals surface area contributed by atoms with E-state index >= 15 is 0 Å². The minimum atomic E-state index is -0.195. The lowest BCUT2D eigenvalue weighted by Gasteiger charge is -2.10. The highest BCUT2D eigenvalue weighted by Crippen LogP contribution is 2.23. The monoisotopic (exact) mass is 412 g/mol. The number of carbonyl (C=O) groups is 1. The number of aryl methyl sites for hydroxylation is 1. The van der Waals surface area contributed by atoms with Gasteiger partial charge in [-0.25, -0.2) is 4.98 Å². The van der Waals surface area contributed by atoms with Crippen LogP contribution in [-0.2, 0) is 4.79 Å². The molecule has 0 aliphatic heterocycles. The van der Waals surface area contributed by atoms with Gasteiger partial charge in [0.1, 0.15) is 23.9 Å². The van der Waals surface area contributed by atoms with Gasteiger partial charge >= 0.3 is 0 Å². The number of nitrogens with zero attached hydrogens (tertiary/aromatic N) is 1. The third-order valence-electron chi connectivity index (χ3n) is 3.97. The van der Waals surface area contributed by atoms with Gasteiger partial charge in [0.05, 0.1) is 23.9 Å². The molecule has 0 spiro atoms. The third kappa shape index (κ3) is 6.50. The first-order valence-electron chi connectivity index (χ1n) is 9.42. The van der Waals surface area contributed by atoms with Crippen LogP contribution in [0.4, 0.5) is 0 Å². The standard InChI is InChI=1S/C22H24N2O4S/c1-3-26-18-8-10-19(11-9-18)27-13-12-23-22(25)14-28-20-6-4-17(5-7-20)21-15-29-16(2)24-21/h4-11,15H,3,12-14H2,1-2H3,(H,23,25). The Labute approximate surface area is 174 Å². The summed E-state index contributed by atoms with van der Waals surface area (Å²) in [5.74, 6) is 1.98. The highest BCUT2D eigenvalue weighted by atomic mass is 32.1. The predicted octanol–water partition coefficient (Wildman–Crippen LogP) is 4.09. The van der Waals surface area contributed by atoms with E-state index in [1.54, 1.807) is 11.3 Å². The number of rotatable bonds is 10. The largest absolute Gasteiger partial charge is 0.494 e. The Bertz CT molecular complexity index is 907. The van der Waals surface area contributed by atoms with E-state index in [0.29, 0.717) is 25.5 Å². The van der Waals surface area contributed by atoms with Crippen molar-refractivity contribution in [2.24, 2.45) is 0 Å². The smallest absolute Gasteiger partial charge is 0.258 e. The van der Waals surface area contributed by atoms with Crippen LogP contribution >= 0.6 is 11.3 Å². The van der Waals surface area contributed by atoms with E-state index in [-0.39, 0.29) is 12.5 Å². The number of aromatic nitrogens is 1. The first-order valence-corrected chi connectivity index (χ1v) is 10.3. The topological polar surface area (TPSA) is 69.7 Å². The first-order chi connectivity index (χ1) is 14.1. The van der Waals surface area contributed by atoms with E-state index in [1.807, 2.05) is 67.8 Å². The molecule has 0 fully saturated rings. The molecule has 152 valence electrons. The molecule has 3 aromatic rings. The molecule has 1 N–H and O–H groups in total. The van der Waals surface area contributed by atoms with Crippen molar-refractivity contribution >= 4 is 17.2 Å². The highest BCUT2D eigenvalue weighted by molar-refractivity contribution is 7.09. The Morgan fingerprint density at radius 3 is 2.21 bits per heavy atom. The quantitative estimate of drug-likeness (QED) is 0.508. The zero-order valence-electron chi connectivity index (χ0n) is 16.5. The van der Waals surface area contributed by atoms with E-state index in [1.165, 1.54) is 0 Å². The SMILES string of the molecule is CCOc1ccc(OCCNC(=O)COc2ccc(-c3csc(C)n3)cc2)cc1. The fourth-order valence-corrected chi connectivity index (χ4v) is 3.20. The zero-order valence-corrected chi connectivity index (χ0v) is 17.3. The third-order valence-corrected chi connectivity index (χ3v) is 4.74. The molecule has 0 unspecified atom stereocenters. The van der Waals surface area contributed by atoms with Crippen LogP contribution in [0.5, 0.6) is 17.2 Å². The van der Waals surface area contributed by atoms with Crippen LogP contribution in [0.15, 0.2) is 53.9 Å². The molecule has 0 saturated carbocycles. The van der Waals surface area contributed by atoms with Gasteiger partial charge in [0, 0.05) is 10.9 Å². The number of thiazole rings is 1. The summed E-state index contributed by atoms with van der Waals surface area (Å²) in [6.07, 6.45) is 0. The molecule has 2 aromatic carbocycles. The van der Waals surface area contributed by atoms with Crippen LogP contribution in [-0.4, -0.2) is 37.3 Å². The molecule has 1 heterocycles. The summed E-state index contributed by atoms with van der Waals surface area (Å²) in [6, 6.07) is 14.9. The summed E-state index contributed by atoms with van der Waals surface area (Å²) >= 11 is 1.62. The minimum absolute atomic E-state index is 0.0434. The van der Waals surface area contributed by atoms with Gasteiger partial charge in [-0.2, -0.15) is 0 Å². The summed E-state index contributed by atoms with van der Waals surface area (Å²) in [7, 11) is 0. The van der Waals surface area contributed by atoms with Crippen molar-refractivity contribution in [3.63, 3.8) is 0 Å². The van der Waals surface area contributed by atoms with Crippen LogP contribution in [0.3, 0.4) is 0 Å². The molecule has 0 atom stereocenters. The maximum Gasteiger partial charge on any atom is 0.258 e. The zero-order chi connectivity index (χ0) is 20.5. The van der Waals surface area contributed by atoms with Crippen molar-refractivity contribution in [3.8, 4) is 28.5 Å². The van der Waals surface area contributed by atoms with Gasteiger partial charge in [-0.3, -0.25) is 4.79 Å². The number of amides is 1. The van der Waals surface area contributed by atoms with E-state index in [0.717, 1.165) is 27.8 Å². The normalized spacial score (nSPS) is 10.4. The van der Waals surface area contributed by atoms with Crippen LogP contribution < -0.4 is 19.5 Å². The molecular weight excluding hydrogens is 388 g/mol. The maximum absolute atomic E-state index is 11.9. The molecule has 0 radical (unpaired) electrons. The summed E-state index contributed by atoms with van der Waals surface area (Å²) in [5.41, 5.74) is 1.97. The lowest BCUT2D eigenvalue weighted by molar-refractivity contribution is -0.123. The van der Waals surface area contributed by atoms with E-state index in [2.05, 4.69) is 10.3 Å². The van der Waals surface area contributed by atoms with E-state index in [9.17, 15) is 4.79 Å². The number of nitrogens with one attached hydrogen (secondary N) is 1. The van der Waals surface area contributed by atoms with Crippen molar-refractivity contribution in [1.82, 2.24) is 10.3 Å². The predicted molar refractivity (Wildman–Crippen MR) is 114 cm³/mol. The molecule has 1 amide bonds. The number of carbonyl (C=O) groups excluding carboxylic acids is 1. The Hall–Kier alpha value is -3.06. The molecule has 6 nitrogen and oxygen atoms in total. The van der Waals surface area contributed by atoms with Gasteiger partial charge < -0.3 is 19.5 Å². The fraction of sp³-hybridized carbons (Fsp3) is 0.273. The Morgan fingerprint density at radius 2 is 1.59 bits per heavy atom. The van der Waals surface area contributed by atoms with Gasteiger partial charge in [-0.1, -0.05) is 0 Å². The summed E-state index contributed by atoms with van der Waals surface area (Å²) in [6.45, 7) is 5.28. The second-order valence-corrected chi connectivity index (χ2v) is 7.23. The molecule has 7 heteroatoms. The van der Waals surface area contributed by atoms with Crippen LogP contribution in [0.2, 0.25) is 0 Å². The van der Waals surface area contributed by atoms with Gasteiger partial charge in [0.2, 0.25) is 0 Å². The molecular formula is C22H24N2O4S. The van der Waals surface area contributed by atoms with Crippen molar-refractivity contribution in [1.29, 1.82) is 0 Å². The number of hydrogen-bond donors (Lipinski definition) is 1. The van der Waals surface area contributed by atoms with Crippen molar-refractivity contribution in [3.05, 3.63) is 58.9 Å². The molecule has 0 aliphatic rings.